The maximum atomic E-state index is 5.73. The standard InChI is InChI=1S/C18H32N4O2/c1-4-19-18(22(3)13-17-7-5-10-21(17)2)20-9-6-11-23-14-16-8-12-24-15-16/h5,7,10,16H,4,6,8-9,11-15H2,1-3H3,(H,19,20). The van der Waals surface area contributed by atoms with E-state index in [1.165, 1.54) is 5.69 Å². The van der Waals surface area contributed by atoms with Gasteiger partial charge in [0.1, 0.15) is 0 Å². The second kappa shape index (κ2) is 10.4. The van der Waals surface area contributed by atoms with E-state index in [9.17, 15) is 0 Å². The SMILES string of the molecule is CCNC(=NCCCOCC1CCOC1)N(C)Cc1cccn1C. The van der Waals surface area contributed by atoms with E-state index in [0.717, 1.165) is 64.9 Å². The molecule has 1 fully saturated rings. The molecule has 0 aromatic carbocycles. The Morgan fingerprint density at radius 1 is 1.54 bits per heavy atom. The first kappa shape index (κ1) is 18.8. The minimum absolute atomic E-state index is 0.585. The van der Waals surface area contributed by atoms with Crippen LogP contribution in [0.25, 0.3) is 0 Å². The molecule has 1 aromatic rings. The zero-order valence-corrected chi connectivity index (χ0v) is 15.3. The van der Waals surface area contributed by atoms with Crippen LogP contribution in [0, 0.1) is 5.92 Å². The third kappa shape index (κ3) is 6.17. The highest BCUT2D eigenvalue weighted by molar-refractivity contribution is 5.79. The lowest BCUT2D eigenvalue weighted by Gasteiger charge is -2.22. The van der Waals surface area contributed by atoms with Gasteiger partial charge in [-0.05, 0) is 31.9 Å². The molecule has 24 heavy (non-hydrogen) atoms. The third-order valence-electron chi connectivity index (χ3n) is 4.23. The Labute approximate surface area is 145 Å². The van der Waals surface area contributed by atoms with Gasteiger partial charge in [0, 0.05) is 58.2 Å². The van der Waals surface area contributed by atoms with Crippen molar-refractivity contribution in [2.24, 2.45) is 18.0 Å². The van der Waals surface area contributed by atoms with Crippen LogP contribution in [0.15, 0.2) is 23.3 Å². The Morgan fingerprint density at radius 3 is 3.08 bits per heavy atom. The van der Waals surface area contributed by atoms with Gasteiger partial charge in [0.2, 0.25) is 0 Å². The molecule has 0 radical (unpaired) electrons. The molecule has 2 heterocycles. The fraction of sp³-hybridized carbons (Fsp3) is 0.722. The van der Waals surface area contributed by atoms with E-state index in [1.807, 2.05) is 0 Å². The summed E-state index contributed by atoms with van der Waals surface area (Å²) in [5, 5.41) is 3.36. The summed E-state index contributed by atoms with van der Waals surface area (Å²) in [6.07, 6.45) is 4.15. The number of hydrogen-bond donors (Lipinski definition) is 1. The number of rotatable bonds is 9. The molecule has 136 valence electrons. The van der Waals surface area contributed by atoms with Crippen LogP contribution in [0.4, 0.5) is 0 Å². The Hall–Kier alpha value is -1.53. The van der Waals surface area contributed by atoms with Gasteiger partial charge in [-0.3, -0.25) is 4.99 Å². The van der Waals surface area contributed by atoms with Crippen molar-refractivity contribution in [2.45, 2.75) is 26.3 Å². The minimum atomic E-state index is 0.585. The van der Waals surface area contributed by atoms with Crippen molar-refractivity contribution in [2.75, 3.05) is 46.6 Å². The van der Waals surface area contributed by atoms with Crippen molar-refractivity contribution in [3.63, 3.8) is 0 Å². The summed E-state index contributed by atoms with van der Waals surface area (Å²) in [6.45, 7) is 7.91. The summed E-state index contributed by atoms with van der Waals surface area (Å²) in [5.41, 5.74) is 1.27. The van der Waals surface area contributed by atoms with Gasteiger partial charge in [0.05, 0.1) is 19.8 Å². The lowest BCUT2D eigenvalue weighted by molar-refractivity contribution is 0.0893. The number of nitrogens with zero attached hydrogens (tertiary/aromatic N) is 3. The van der Waals surface area contributed by atoms with Gasteiger partial charge in [-0.25, -0.2) is 0 Å². The van der Waals surface area contributed by atoms with Crippen LogP contribution in [-0.2, 0) is 23.1 Å². The Bertz CT molecular complexity index is 495. The molecule has 0 amide bonds. The molecular weight excluding hydrogens is 304 g/mol. The van der Waals surface area contributed by atoms with Crippen LogP contribution in [0.5, 0.6) is 0 Å². The van der Waals surface area contributed by atoms with Gasteiger partial charge in [-0.1, -0.05) is 0 Å². The summed E-state index contributed by atoms with van der Waals surface area (Å²) in [6, 6.07) is 4.21. The predicted octanol–water partition coefficient (Wildman–Crippen LogP) is 1.87. The molecule has 1 N–H and O–H groups in total. The highest BCUT2D eigenvalue weighted by Crippen LogP contribution is 2.12. The average molecular weight is 336 g/mol. The first-order valence-corrected chi connectivity index (χ1v) is 8.95. The van der Waals surface area contributed by atoms with Crippen LogP contribution in [0.3, 0.4) is 0 Å². The van der Waals surface area contributed by atoms with Crippen molar-refractivity contribution in [3.8, 4) is 0 Å². The average Bonchev–Trinajstić information content (AvgIpc) is 3.22. The first-order chi connectivity index (χ1) is 11.7. The first-order valence-electron chi connectivity index (χ1n) is 8.95. The molecule has 0 bridgehead atoms. The van der Waals surface area contributed by atoms with Crippen LogP contribution >= 0.6 is 0 Å². The molecule has 6 heteroatoms. The van der Waals surface area contributed by atoms with Gasteiger partial charge in [-0.2, -0.15) is 0 Å². The van der Waals surface area contributed by atoms with E-state index >= 15 is 0 Å². The molecule has 0 spiro atoms. The maximum absolute atomic E-state index is 5.73. The second-order valence-electron chi connectivity index (χ2n) is 6.36. The van der Waals surface area contributed by atoms with E-state index in [1.54, 1.807) is 0 Å². The van der Waals surface area contributed by atoms with E-state index in [0.29, 0.717) is 5.92 Å². The van der Waals surface area contributed by atoms with Gasteiger partial charge in [0.25, 0.3) is 0 Å². The Morgan fingerprint density at radius 2 is 2.42 bits per heavy atom. The number of guanidine groups is 1. The lowest BCUT2D eigenvalue weighted by Crippen LogP contribution is -2.39. The van der Waals surface area contributed by atoms with Gasteiger partial charge < -0.3 is 24.3 Å². The largest absolute Gasteiger partial charge is 0.381 e. The highest BCUT2D eigenvalue weighted by Gasteiger charge is 2.15. The van der Waals surface area contributed by atoms with Crippen molar-refractivity contribution < 1.29 is 9.47 Å². The summed E-state index contributed by atoms with van der Waals surface area (Å²) < 4.78 is 13.2. The van der Waals surface area contributed by atoms with Crippen LogP contribution in [0.2, 0.25) is 0 Å². The topological polar surface area (TPSA) is 51.0 Å². The number of ether oxygens (including phenoxy) is 2. The summed E-state index contributed by atoms with van der Waals surface area (Å²) >= 11 is 0. The zero-order chi connectivity index (χ0) is 17.2. The van der Waals surface area contributed by atoms with Crippen molar-refractivity contribution in [3.05, 3.63) is 24.0 Å². The maximum Gasteiger partial charge on any atom is 0.194 e. The zero-order valence-electron chi connectivity index (χ0n) is 15.3. The monoisotopic (exact) mass is 336 g/mol. The number of aliphatic imine (C=N–C) groups is 1. The van der Waals surface area contributed by atoms with E-state index in [2.05, 4.69) is 54.1 Å². The van der Waals surface area contributed by atoms with E-state index in [-0.39, 0.29) is 0 Å². The molecule has 1 aromatic heterocycles. The van der Waals surface area contributed by atoms with Crippen LogP contribution < -0.4 is 5.32 Å². The molecule has 1 atom stereocenters. The Kier molecular flexibility index (Phi) is 8.12. The molecule has 0 aliphatic carbocycles. The van der Waals surface area contributed by atoms with Crippen molar-refractivity contribution >= 4 is 5.96 Å². The minimum Gasteiger partial charge on any atom is -0.381 e. The lowest BCUT2D eigenvalue weighted by atomic mass is 10.1. The molecule has 1 unspecified atom stereocenters. The van der Waals surface area contributed by atoms with E-state index in [4.69, 9.17) is 14.5 Å². The molecule has 1 saturated heterocycles. The van der Waals surface area contributed by atoms with Crippen LogP contribution in [0.1, 0.15) is 25.5 Å². The molecular formula is C18H32N4O2. The smallest absolute Gasteiger partial charge is 0.194 e. The third-order valence-corrected chi connectivity index (χ3v) is 4.23. The number of aryl methyl sites for hydroxylation is 1. The molecule has 1 aliphatic rings. The van der Waals surface area contributed by atoms with Crippen molar-refractivity contribution in [1.82, 2.24) is 14.8 Å². The second-order valence-corrected chi connectivity index (χ2v) is 6.36. The van der Waals surface area contributed by atoms with Crippen molar-refractivity contribution in [1.29, 1.82) is 0 Å². The fourth-order valence-corrected chi connectivity index (χ4v) is 2.76. The number of nitrogens with one attached hydrogen (secondary N) is 1. The molecule has 2 rings (SSSR count). The molecule has 6 nitrogen and oxygen atoms in total. The summed E-state index contributed by atoms with van der Waals surface area (Å²) in [7, 11) is 4.14. The number of hydrogen-bond acceptors (Lipinski definition) is 3. The highest BCUT2D eigenvalue weighted by atomic mass is 16.5. The van der Waals surface area contributed by atoms with Gasteiger partial charge >= 0.3 is 0 Å². The molecule has 0 saturated carbocycles. The van der Waals surface area contributed by atoms with Crippen LogP contribution in [-0.4, -0.2) is 62.0 Å². The summed E-state index contributed by atoms with van der Waals surface area (Å²) in [4.78, 5) is 6.87. The van der Waals surface area contributed by atoms with Gasteiger partial charge in [-0.15, -0.1) is 0 Å². The van der Waals surface area contributed by atoms with Gasteiger partial charge in [0.15, 0.2) is 5.96 Å². The summed E-state index contributed by atoms with van der Waals surface area (Å²) in [5.74, 6) is 1.53. The quantitative estimate of drug-likeness (QED) is 0.425. The van der Waals surface area contributed by atoms with E-state index < -0.39 is 0 Å². The molecule has 1 aliphatic heterocycles. The predicted molar refractivity (Wildman–Crippen MR) is 97.2 cm³/mol. The number of aromatic nitrogens is 1. The normalized spacial score (nSPS) is 18.1. The Balaban J connectivity index is 1.70. The fourth-order valence-electron chi connectivity index (χ4n) is 2.76.